The predicted molar refractivity (Wildman–Crippen MR) is 64.4 cm³/mol. The van der Waals surface area contributed by atoms with Crippen LogP contribution in [0.5, 0.6) is 0 Å². The molecule has 0 bridgehead atoms. The Hall–Kier alpha value is -2.52. The van der Waals surface area contributed by atoms with Crippen LogP contribution >= 0.6 is 0 Å². The summed E-state index contributed by atoms with van der Waals surface area (Å²) in [5.74, 6) is 0.407. The fraction of sp³-hybridized carbons (Fsp3) is 0.556. The molecule has 19 heavy (non-hydrogen) atoms. The van der Waals surface area contributed by atoms with Crippen LogP contribution in [0.25, 0.3) is 0 Å². The van der Waals surface area contributed by atoms with E-state index in [1.807, 2.05) is 0 Å². The van der Waals surface area contributed by atoms with Crippen LogP contribution in [-0.4, -0.2) is 50.4 Å². The summed E-state index contributed by atoms with van der Waals surface area (Å²) in [6.45, 7) is 2.15. The van der Waals surface area contributed by atoms with Gasteiger partial charge in [-0.2, -0.15) is 0 Å². The fourth-order valence-electron chi connectivity index (χ4n) is 1.29. The number of carbonyl (C=O) groups excluding carboxylic acids is 1. The molecule has 0 aliphatic carbocycles. The van der Waals surface area contributed by atoms with Gasteiger partial charge in [0.1, 0.15) is 5.82 Å². The Kier molecular flexibility index (Phi) is 3.68. The van der Waals surface area contributed by atoms with Gasteiger partial charge in [-0.3, -0.25) is 10.1 Å². The van der Waals surface area contributed by atoms with E-state index in [1.54, 1.807) is 30.6 Å². The Bertz CT molecular complexity index is 560. The maximum Gasteiger partial charge on any atom is 0.323 e. The Balaban J connectivity index is 1.85. The van der Waals surface area contributed by atoms with Crippen molar-refractivity contribution in [2.75, 3.05) is 24.3 Å². The molecule has 102 valence electrons. The van der Waals surface area contributed by atoms with E-state index in [2.05, 4.69) is 31.0 Å². The van der Waals surface area contributed by atoms with Crippen molar-refractivity contribution >= 4 is 17.9 Å². The van der Waals surface area contributed by atoms with Crippen molar-refractivity contribution in [2.24, 2.45) is 0 Å². The summed E-state index contributed by atoms with van der Waals surface area (Å²) < 4.78 is 6.74. The van der Waals surface area contributed by atoms with Gasteiger partial charge < -0.3 is 9.32 Å². The molecule has 2 aromatic heterocycles. The van der Waals surface area contributed by atoms with Crippen LogP contribution in [0.15, 0.2) is 4.42 Å². The fourth-order valence-corrected chi connectivity index (χ4v) is 1.29. The van der Waals surface area contributed by atoms with E-state index in [1.165, 1.54) is 0 Å². The Labute approximate surface area is 108 Å². The van der Waals surface area contributed by atoms with Gasteiger partial charge in [-0.1, -0.05) is 10.2 Å². The average Bonchev–Trinajstić information content (AvgIpc) is 2.96. The summed E-state index contributed by atoms with van der Waals surface area (Å²) in [4.78, 5) is 13.3. The molecule has 0 saturated heterocycles. The van der Waals surface area contributed by atoms with Crippen LogP contribution in [-0.2, 0) is 11.3 Å². The molecular formula is C9H14N8O2. The third kappa shape index (κ3) is 3.24. The van der Waals surface area contributed by atoms with Crippen molar-refractivity contribution in [2.45, 2.75) is 19.9 Å². The molecular weight excluding hydrogens is 252 g/mol. The molecule has 0 atom stereocenters. The number of amides is 1. The van der Waals surface area contributed by atoms with Gasteiger partial charge >= 0.3 is 12.0 Å². The minimum Gasteiger partial charge on any atom is -0.389 e. The molecule has 0 aliphatic rings. The molecule has 0 unspecified atom stereocenters. The smallest absolute Gasteiger partial charge is 0.323 e. The van der Waals surface area contributed by atoms with E-state index in [9.17, 15) is 4.79 Å². The third-order valence-corrected chi connectivity index (χ3v) is 2.30. The normalized spacial score (nSPS) is 10.5. The molecule has 1 N–H and O–H groups in total. The van der Waals surface area contributed by atoms with E-state index in [0.29, 0.717) is 18.4 Å². The predicted octanol–water partition coefficient (Wildman–Crippen LogP) is -0.541. The Morgan fingerprint density at radius 1 is 1.37 bits per heavy atom. The first kappa shape index (κ1) is 12.9. The first-order valence-electron chi connectivity index (χ1n) is 5.59. The molecule has 2 aromatic rings. The van der Waals surface area contributed by atoms with Crippen molar-refractivity contribution in [3.8, 4) is 0 Å². The highest BCUT2D eigenvalue weighted by Gasteiger charge is 2.11. The zero-order valence-corrected chi connectivity index (χ0v) is 10.9. The monoisotopic (exact) mass is 266 g/mol. The van der Waals surface area contributed by atoms with Crippen LogP contribution in [0, 0.1) is 6.92 Å². The van der Waals surface area contributed by atoms with Crippen molar-refractivity contribution in [3.63, 3.8) is 0 Å². The Morgan fingerprint density at radius 3 is 2.74 bits per heavy atom. The SMILES string of the molecule is Cc1nnnn1CCC(=O)Nc1nnc(N(C)C)o1. The number of nitrogens with zero attached hydrogens (tertiary/aromatic N) is 7. The van der Waals surface area contributed by atoms with E-state index in [-0.39, 0.29) is 18.3 Å². The van der Waals surface area contributed by atoms with Crippen molar-refractivity contribution in [1.82, 2.24) is 30.4 Å². The van der Waals surface area contributed by atoms with Crippen LogP contribution in [0.4, 0.5) is 12.0 Å². The number of hydrogen-bond acceptors (Lipinski definition) is 8. The van der Waals surface area contributed by atoms with Gasteiger partial charge in [0.2, 0.25) is 5.91 Å². The van der Waals surface area contributed by atoms with Crippen LogP contribution < -0.4 is 10.2 Å². The molecule has 2 heterocycles. The molecule has 0 radical (unpaired) electrons. The average molecular weight is 266 g/mol. The first-order valence-corrected chi connectivity index (χ1v) is 5.59. The maximum atomic E-state index is 11.7. The molecule has 0 fully saturated rings. The number of hydrogen-bond donors (Lipinski definition) is 1. The van der Waals surface area contributed by atoms with Gasteiger partial charge in [-0.05, 0) is 17.4 Å². The minimum atomic E-state index is -0.246. The quantitative estimate of drug-likeness (QED) is 0.767. The topological polar surface area (TPSA) is 115 Å². The zero-order chi connectivity index (χ0) is 13.8. The third-order valence-electron chi connectivity index (χ3n) is 2.30. The number of aryl methyl sites for hydroxylation is 2. The molecule has 2 rings (SSSR count). The largest absolute Gasteiger partial charge is 0.389 e. The highest BCUT2D eigenvalue weighted by atomic mass is 16.4. The Morgan fingerprint density at radius 2 is 2.16 bits per heavy atom. The molecule has 0 aliphatic heterocycles. The summed E-state index contributed by atoms with van der Waals surface area (Å²) >= 11 is 0. The van der Waals surface area contributed by atoms with E-state index in [4.69, 9.17) is 4.42 Å². The second-order valence-electron chi connectivity index (χ2n) is 4.03. The molecule has 0 saturated carbocycles. The van der Waals surface area contributed by atoms with Gasteiger partial charge in [-0.25, -0.2) is 4.68 Å². The standard InChI is InChI=1S/C9H14N8O2/c1-6-11-14-15-17(6)5-4-7(18)10-8-12-13-9(19-8)16(2)3/h4-5H2,1-3H3,(H,10,12,18). The minimum absolute atomic E-state index is 0.0714. The first-order chi connectivity index (χ1) is 9.06. The lowest BCUT2D eigenvalue weighted by Gasteiger charge is -2.03. The van der Waals surface area contributed by atoms with Gasteiger partial charge in [0.05, 0.1) is 6.54 Å². The number of anilines is 2. The van der Waals surface area contributed by atoms with Crippen LogP contribution in [0.2, 0.25) is 0 Å². The highest BCUT2D eigenvalue weighted by Crippen LogP contribution is 2.12. The number of rotatable bonds is 5. The van der Waals surface area contributed by atoms with Crippen molar-refractivity contribution < 1.29 is 9.21 Å². The lowest BCUT2D eigenvalue weighted by Crippen LogP contribution is -2.16. The number of aromatic nitrogens is 6. The van der Waals surface area contributed by atoms with E-state index >= 15 is 0 Å². The zero-order valence-electron chi connectivity index (χ0n) is 10.9. The van der Waals surface area contributed by atoms with Gasteiger partial charge in [-0.15, -0.1) is 5.10 Å². The second kappa shape index (κ2) is 5.42. The molecule has 0 aromatic carbocycles. The summed E-state index contributed by atoms with van der Waals surface area (Å²) in [5, 5.41) is 20.9. The van der Waals surface area contributed by atoms with Crippen LogP contribution in [0.3, 0.4) is 0 Å². The van der Waals surface area contributed by atoms with Gasteiger partial charge in [0, 0.05) is 20.5 Å². The number of carbonyl (C=O) groups is 1. The summed E-state index contributed by atoms with van der Waals surface area (Å²) in [5.41, 5.74) is 0. The summed E-state index contributed by atoms with van der Waals surface area (Å²) in [6, 6.07) is 0.397. The maximum absolute atomic E-state index is 11.7. The van der Waals surface area contributed by atoms with E-state index in [0.717, 1.165) is 0 Å². The second-order valence-corrected chi connectivity index (χ2v) is 4.03. The van der Waals surface area contributed by atoms with Crippen molar-refractivity contribution in [3.05, 3.63) is 5.82 Å². The van der Waals surface area contributed by atoms with Gasteiger partial charge in [0.25, 0.3) is 0 Å². The summed E-state index contributed by atoms with van der Waals surface area (Å²) in [6.07, 6.45) is 0.214. The van der Waals surface area contributed by atoms with Crippen molar-refractivity contribution in [1.29, 1.82) is 0 Å². The number of tetrazole rings is 1. The molecule has 10 nitrogen and oxygen atoms in total. The van der Waals surface area contributed by atoms with Gasteiger partial charge in [0.15, 0.2) is 0 Å². The molecule has 0 spiro atoms. The lowest BCUT2D eigenvalue weighted by molar-refractivity contribution is -0.116. The molecule has 1 amide bonds. The van der Waals surface area contributed by atoms with E-state index < -0.39 is 0 Å². The lowest BCUT2D eigenvalue weighted by atomic mass is 10.4. The highest BCUT2D eigenvalue weighted by molar-refractivity contribution is 5.88. The summed E-state index contributed by atoms with van der Waals surface area (Å²) in [7, 11) is 3.53. The molecule has 10 heteroatoms. The van der Waals surface area contributed by atoms with Crippen LogP contribution in [0.1, 0.15) is 12.2 Å². The number of nitrogens with one attached hydrogen (secondary N) is 1.